The molecule has 0 atom stereocenters. The van der Waals surface area contributed by atoms with Crippen molar-refractivity contribution in [2.45, 2.75) is 19.9 Å². The summed E-state index contributed by atoms with van der Waals surface area (Å²) in [5, 5.41) is 11.5. The van der Waals surface area contributed by atoms with Crippen molar-refractivity contribution in [1.29, 1.82) is 0 Å². The summed E-state index contributed by atoms with van der Waals surface area (Å²) in [7, 11) is 0. The van der Waals surface area contributed by atoms with Crippen LogP contribution in [0.15, 0.2) is 15.5 Å². The van der Waals surface area contributed by atoms with Crippen molar-refractivity contribution in [3.8, 4) is 0 Å². The number of alkyl halides is 1. The third-order valence-corrected chi connectivity index (χ3v) is 3.66. The average Bonchev–Trinajstić information content (AvgIpc) is 2.24. The lowest BCUT2D eigenvalue weighted by Gasteiger charge is -2.07. The topological polar surface area (TPSA) is 65.1 Å². The Morgan fingerprint density at radius 1 is 1.56 bits per heavy atom. The van der Waals surface area contributed by atoms with E-state index in [1.54, 1.807) is 6.92 Å². The van der Waals surface area contributed by atoms with E-state index in [1.165, 1.54) is 10.8 Å². The maximum absolute atomic E-state index is 11.7. The average molecular weight is 354 g/mol. The van der Waals surface area contributed by atoms with Gasteiger partial charge in [0.15, 0.2) is 0 Å². The van der Waals surface area contributed by atoms with E-state index >= 15 is 0 Å². The molecule has 0 aliphatic carbocycles. The fourth-order valence-corrected chi connectivity index (χ4v) is 1.96. The number of hydrogen-bond acceptors (Lipinski definition) is 3. The number of aromatic nitrogens is 1. The molecule has 0 bridgehead atoms. The Hall–Kier alpha value is -0.690. The van der Waals surface area contributed by atoms with Crippen LogP contribution in [0.5, 0.6) is 0 Å². The minimum Gasteiger partial charge on any atom is -0.308 e. The summed E-state index contributed by atoms with van der Waals surface area (Å²) < 4.78 is 1.62. The zero-order valence-electron chi connectivity index (χ0n) is 8.57. The summed E-state index contributed by atoms with van der Waals surface area (Å²) in [5.74, 6) is 0. The van der Waals surface area contributed by atoms with Crippen LogP contribution in [-0.2, 0) is 6.54 Å². The molecule has 0 aliphatic rings. The highest BCUT2D eigenvalue weighted by Crippen LogP contribution is 2.22. The molecule has 16 heavy (non-hydrogen) atoms. The van der Waals surface area contributed by atoms with Crippen LogP contribution in [0.1, 0.15) is 12.0 Å². The number of nitrogens with zero attached hydrogens (tertiary/aromatic N) is 2. The fraction of sp³-hybridized carbons (Fsp3) is 0.444. The predicted molar refractivity (Wildman–Crippen MR) is 68.2 cm³/mol. The van der Waals surface area contributed by atoms with Crippen LogP contribution < -0.4 is 5.56 Å². The lowest BCUT2D eigenvalue weighted by atomic mass is 10.2. The quantitative estimate of drug-likeness (QED) is 0.474. The normalized spacial score (nSPS) is 10.4. The molecule has 0 radical (unpaired) electrons. The first-order chi connectivity index (χ1) is 7.49. The second-order valence-electron chi connectivity index (χ2n) is 3.25. The van der Waals surface area contributed by atoms with Crippen molar-refractivity contribution < 1.29 is 4.92 Å². The first-order valence-electron chi connectivity index (χ1n) is 4.59. The second-order valence-corrected chi connectivity index (χ2v) is 4.84. The largest absolute Gasteiger partial charge is 0.308 e. The first kappa shape index (κ1) is 13.4. The van der Waals surface area contributed by atoms with E-state index in [9.17, 15) is 14.9 Å². The number of pyridine rings is 1. The lowest BCUT2D eigenvalue weighted by Crippen LogP contribution is -2.22. The van der Waals surface area contributed by atoms with Crippen LogP contribution in [0.2, 0.25) is 0 Å². The highest BCUT2D eigenvalue weighted by Gasteiger charge is 2.17. The van der Waals surface area contributed by atoms with Gasteiger partial charge >= 0.3 is 0 Å². The third kappa shape index (κ3) is 2.70. The molecule has 1 aromatic rings. The Morgan fingerprint density at radius 3 is 2.69 bits per heavy atom. The molecule has 0 saturated heterocycles. The molecule has 0 spiro atoms. The Kier molecular flexibility index (Phi) is 4.67. The molecule has 1 rings (SSSR count). The van der Waals surface area contributed by atoms with Gasteiger partial charge in [0.1, 0.15) is 0 Å². The van der Waals surface area contributed by atoms with E-state index in [0.29, 0.717) is 12.1 Å². The Labute approximate surface area is 109 Å². The molecule has 1 heterocycles. The van der Waals surface area contributed by atoms with Crippen molar-refractivity contribution in [2.75, 3.05) is 5.33 Å². The molecule has 7 heteroatoms. The van der Waals surface area contributed by atoms with Crippen molar-refractivity contribution in [1.82, 2.24) is 4.57 Å². The zero-order valence-corrected chi connectivity index (χ0v) is 11.7. The van der Waals surface area contributed by atoms with Gasteiger partial charge in [-0.15, -0.1) is 0 Å². The van der Waals surface area contributed by atoms with Gasteiger partial charge in [-0.05, 0) is 29.3 Å². The maximum atomic E-state index is 11.7. The molecule has 0 fully saturated rings. The summed E-state index contributed by atoms with van der Waals surface area (Å²) in [6, 6.07) is 0. The van der Waals surface area contributed by atoms with E-state index in [0.717, 1.165) is 11.8 Å². The molecular formula is C9H10Br2N2O3. The number of nitro groups is 1. The number of rotatable bonds is 4. The minimum atomic E-state index is -0.482. The van der Waals surface area contributed by atoms with Crippen LogP contribution in [0, 0.1) is 17.0 Å². The third-order valence-electron chi connectivity index (χ3n) is 2.17. The smallest absolute Gasteiger partial charge is 0.289 e. The summed E-state index contributed by atoms with van der Waals surface area (Å²) >= 11 is 6.34. The maximum Gasteiger partial charge on any atom is 0.289 e. The Bertz CT molecular complexity index is 471. The van der Waals surface area contributed by atoms with Gasteiger partial charge in [-0.3, -0.25) is 14.9 Å². The van der Waals surface area contributed by atoms with Gasteiger partial charge in [0.2, 0.25) is 0 Å². The molecule has 0 aromatic carbocycles. The molecule has 0 saturated carbocycles. The standard InChI is InChI=1S/C9H10Br2N2O3/c1-6-7(13(15)16)5-12(4-2-3-10)9(14)8(6)11/h5H,2-4H2,1H3. The molecular weight excluding hydrogens is 344 g/mol. The molecule has 0 N–H and O–H groups in total. The first-order valence-corrected chi connectivity index (χ1v) is 6.50. The van der Waals surface area contributed by atoms with E-state index < -0.39 is 4.92 Å². The monoisotopic (exact) mass is 352 g/mol. The molecule has 1 aromatic heterocycles. The van der Waals surface area contributed by atoms with Gasteiger partial charge in [-0.1, -0.05) is 15.9 Å². The van der Waals surface area contributed by atoms with Crippen LogP contribution in [0.25, 0.3) is 0 Å². The van der Waals surface area contributed by atoms with E-state index in [4.69, 9.17) is 0 Å². The minimum absolute atomic E-state index is 0.0407. The predicted octanol–water partition coefficient (Wildman–Crippen LogP) is 2.61. The van der Waals surface area contributed by atoms with E-state index in [-0.39, 0.29) is 15.7 Å². The van der Waals surface area contributed by atoms with Gasteiger partial charge < -0.3 is 4.57 Å². The number of halogens is 2. The van der Waals surface area contributed by atoms with Crippen LogP contribution >= 0.6 is 31.9 Å². The van der Waals surface area contributed by atoms with E-state index in [2.05, 4.69) is 31.9 Å². The number of hydrogen-bond donors (Lipinski definition) is 0. The second kappa shape index (κ2) is 5.58. The summed E-state index contributed by atoms with van der Waals surface area (Å²) in [4.78, 5) is 22.0. The van der Waals surface area contributed by atoms with Gasteiger partial charge in [-0.25, -0.2) is 0 Å². The van der Waals surface area contributed by atoms with Crippen molar-refractivity contribution in [3.05, 3.63) is 36.7 Å². The van der Waals surface area contributed by atoms with Crippen LogP contribution in [-0.4, -0.2) is 14.8 Å². The van der Waals surface area contributed by atoms with Crippen LogP contribution in [0.3, 0.4) is 0 Å². The molecule has 0 unspecified atom stereocenters. The SMILES string of the molecule is Cc1c([N+](=O)[O-])cn(CCCBr)c(=O)c1Br. The van der Waals surface area contributed by atoms with Crippen molar-refractivity contribution >= 4 is 37.5 Å². The number of aryl methyl sites for hydroxylation is 1. The van der Waals surface area contributed by atoms with Gasteiger partial charge in [0.25, 0.3) is 11.2 Å². The van der Waals surface area contributed by atoms with Gasteiger partial charge in [0, 0.05) is 17.4 Å². The highest BCUT2D eigenvalue weighted by molar-refractivity contribution is 9.10. The summed E-state index contributed by atoms with van der Waals surface area (Å²) in [5.41, 5.74) is 0.0928. The molecule has 88 valence electrons. The highest BCUT2D eigenvalue weighted by atomic mass is 79.9. The molecule has 0 amide bonds. The van der Waals surface area contributed by atoms with Crippen molar-refractivity contribution in [2.24, 2.45) is 0 Å². The lowest BCUT2D eigenvalue weighted by molar-refractivity contribution is -0.386. The summed E-state index contributed by atoms with van der Waals surface area (Å²) in [6.45, 7) is 2.02. The van der Waals surface area contributed by atoms with Crippen LogP contribution in [0.4, 0.5) is 5.69 Å². The molecule has 0 aliphatic heterocycles. The zero-order chi connectivity index (χ0) is 12.3. The molecule has 5 nitrogen and oxygen atoms in total. The van der Waals surface area contributed by atoms with Gasteiger partial charge in [0.05, 0.1) is 15.6 Å². The van der Waals surface area contributed by atoms with Gasteiger partial charge in [-0.2, -0.15) is 0 Å². The Balaban J connectivity index is 3.30. The van der Waals surface area contributed by atoms with Crippen molar-refractivity contribution in [3.63, 3.8) is 0 Å². The fourth-order valence-electron chi connectivity index (χ4n) is 1.28. The van der Waals surface area contributed by atoms with E-state index in [1.807, 2.05) is 0 Å². The Morgan fingerprint density at radius 2 is 2.19 bits per heavy atom. The summed E-state index contributed by atoms with van der Waals surface area (Å²) in [6.07, 6.45) is 2.04.